The van der Waals surface area contributed by atoms with Gasteiger partial charge in [0.1, 0.15) is 11.6 Å². The van der Waals surface area contributed by atoms with Crippen LogP contribution in [0.15, 0.2) is 54.7 Å². The molecule has 1 aliphatic rings. The number of carbonyl (C=O) groups excluding carboxylic acids is 1. The van der Waals surface area contributed by atoms with E-state index in [9.17, 15) is 18.7 Å². The van der Waals surface area contributed by atoms with Crippen molar-refractivity contribution in [1.82, 2.24) is 15.6 Å². The van der Waals surface area contributed by atoms with Gasteiger partial charge in [-0.15, -0.1) is 0 Å². The fourth-order valence-corrected chi connectivity index (χ4v) is 4.76. The number of nitrogens with one attached hydrogen (secondary N) is 2. The lowest BCUT2D eigenvalue weighted by atomic mass is 9.85. The predicted octanol–water partition coefficient (Wildman–Crippen LogP) is 4.41. The summed E-state index contributed by atoms with van der Waals surface area (Å²) in [7, 11) is 0. The largest absolute Gasteiger partial charge is 0.390 e. The van der Waals surface area contributed by atoms with E-state index in [1.807, 2.05) is 19.2 Å². The molecule has 184 valence electrons. The number of aliphatic hydroxyl groups is 1. The predicted molar refractivity (Wildman–Crippen MR) is 132 cm³/mol. The van der Waals surface area contributed by atoms with Crippen LogP contribution < -0.4 is 10.6 Å². The second kappa shape index (κ2) is 11.1. The number of hydrogen-bond acceptors (Lipinski definition) is 4. The highest BCUT2D eigenvalue weighted by molar-refractivity contribution is 5.73. The minimum atomic E-state index is -0.944. The smallest absolute Gasteiger partial charge is 0.217 e. The molecule has 5 nitrogen and oxygen atoms in total. The lowest BCUT2D eigenvalue weighted by Gasteiger charge is -2.30. The van der Waals surface area contributed by atoms with E-state index in [2.05, 4.69) is 39.9 Å². The lowest BCUT2D eigenvalue weighted by molar-refractivity contribution is -0.120. The van der Waals surface area contributed by atoms with Gasteiger partial charge in [-0.3, -0.25) is 9.78 Å². The van der Waals surface area contributed by atoms with Gasteiger partial charge in [0.05, 0.1) is 12.1 Å². The molecule has 3 aromatic rings. The Bertz CT molecular complexity index is 1160. The van der Waals surface area contributed by atoms with Crippen LogP contribution in [0.2, 0.25) is 0 Å². The number of hydrogen-bond donors (Lipinski definition) is 3. The summed E-state index contributed by atoms with van der Waals surface area (Å²) < 4.78 is 27.3. The standard InChI is InChI=1S/C28H31F2N3O2/c1-17-6-7-22(15-31-17)21-9-8-20-4-3-5-26(25(20)13-21)32-16-28(35)27(33-18(2)34)12-19-10-23(29)14-24(30)11-19/h6-11,13-15,26-28,32,35H,3-5,12,16H2,1-2H3,(H,33,34)/t26?,27-,28+/m0/s1. The molecule has 1 amide bonds. The Morgan fingerprint density at radius 3 is 2.54 bits per heavy atom. The summed E-state index contributed by atoms with van der Waals surface area (Å²) in [6, 6.07) is 13.1. The summed E-state index contributed by atoms with van der Waals surface area (Å²) in [5, 5.41) is 17.1. The Hall–Kier alpha value is -3.16. The van der Waals surface area contributed by atoms with E-state index in [0.29, 0.717) is 5.56 Å². The van der Waals surface area contributed by atoms with Crippen molar-refractivity contribution in [2.45, 2.75) is 57.7 Å². The minimum Gasteiger partial charge on any atom is -0.390 e. The molecule has 1 heterocycles. The molecule has 0 spiro atoms. The van der Waals surface area contributed by atoms with Gasteiger partial charge in [0.25, 0.3) is 0 Å². The first kappa shape index (κ1) is 24.9. The van der Waals surface area contributed by atoms with Crippen LogP contribution in [0, 0.1) is 18.6 Å². The molecule has 1 aliphatic carbocycles. The Morgan fingerprint density at radius 2 is 1.86 bits per heavy atom. The van der Waals surface area contributed by atoms with Gasteiger partial charge in [-0.05, 0) is 79.1 Å². The van der Waals surface area contributed by atoms with Gasteiger partial charge in [0, 0.05) is 43.0 Å². The van der Waals surface area contributed by atoms with Crippen molar-refractivity contribution in [3.63, 3.8) is 0 Å². The molecule has 7 heteroatoms. The summed E-state index contributed by atoms with van der Waals surface area (Å²) in [4.78, 5) is 16.2. The summed E-state index contributed by atoms with van der Waals surface area (Å²) in [6.07, 6.45) is 4.00. The van der Waals surface area contributed by atoms with Crippen molar-refractivity contribution < 1.29 is 18.7 Å². The molecule has 4 rings (SSSR count). The number of aliphatic hydroxyl groups excluding tert-OH is 1. The maximum atomic E-state index is 13.6. The van der Waals surface area contributed by atoms with Crippen molar-refractivity contribution >= 4 is 5.91 Å². The van der Waals surface area contributed by atoms with Crippen LogP contribution in [-0.4, -0.2) is 34.7 Å². The number of pyridine rings is 1. The molecular formula is C28H31F2N3O2. The third kappa shape index (κ3) is 6.50. The highest BCUT2D eigenvalue weighted by Crippen LogP contribution is 2.33. The van der Waals surface area contributed by atoms with Crippen LogP contribution in [0.25, 0.3) is 11.1 Å². The highest BCUT2D eigenvalue weighted by atomic mass is 19.1. The summed E-state index contributed by atoms with van der Waals surface area (Å²) in [5.74, 6) is -1.69. The number of fused-ring (bicyclic) bond motifs is 1. The average Bonchev–Trinajstić information content (AvgIpc) is 2.81. The zero-order valence-corrected chi connectivity index (χ0v) is 20.0. The van der Waals surface area contributed by atoms with Gasteiger partial charge in [0.2, 0.25) is 5.91 Å². The van der Waals surface area contributed by atoms with Crippen molar-refractivity contribution in [1.29, 1.82) is 0 Å². The molecule has 0 saturated carbocycles. The Morgan fingerprint density at radius 1 is 1.11 bits per heavy atom. The van der Waals surface area contributed by atoms with Crippen LogP contribution in [0.1, 0.15) is 48.2 Å². The van der Waals surface area contributed by atoms with E-state index in [1.54, 1.807) is 0 Å². The summed E-state index contributed by atoms with van der Waals surface area (Å²) in [5.41, 5.74) is 5.96. The second-order valence-corrected chi connectivity index (χ2v) is 9.31. The van der Waals surface area contributed by atoms with Crippen LogP contribution in [0.4, 0.5) is 8.78 Å². The topological polar surface area (TPSA) is 74.2 Å². The monoisotopic (exact) mass is 479 g/mol. The van der Waals surface area contributed by atoms with Crippen LogP contribution >= 0.6 is 0 Å². The molecule has 1 unspecified atom stereocenters. The van der Waals surface area contributed by atoms with E-state index < -0.39 is 23.8 Å². The second-order valence-electron chi connectivity index (χ2n) is 9.31. The first-order valence-electron chi connectivity index (χ1n) is 12.0. The third-order valence-corrected chi connectivity index (χ3v) is 6.51. The van der Waals surface area contributed by atoms with E-state index in [4.69, 9.17) is 0 Å². The van der Waals surface area contributed by atoms with E-state index in [-0.39, 0.29) is 24.9 Å². The number of halogens is 2. The lowest BCUT2D eigenvalue weighted by Crippen LogP contribution is -2.48. The molecule has 0 bridgehead atoms. The van der Waals surface area contributed by atoms with Crippen molar-refractivity contribution in [3.05, 3.63) is 88.7 Å². The summed E-state index contributed by atoms with van der Waals surface area (Å²) >= 11 is 0. The highest BCUT2D eigenvalue weighted by Gasteiger charge is 2.25. The van der Waals surface area contributed by atoms with Gasteiger partial charge in [-0.25, -0.2) is 8.78 Å². The molecule has 0 aliphatic heterocycles. The minimum absolute atomic E-state index is 0.0522. The number of aryl methyl sites for hydroxylation is 2. The van der Waals surface area contributed by atoms with Gasteiger partial charge < -0.3 is 15.7 Å². The molecule has 3 atom stereocenters. The maximum Gasteiger partial charge on any atom is 0.217 e. The number of amides is 1. The van der Waals surface area contributed by atoms with Crippen LogP contribution in [0.3, 0.4) is 0 Å². The molecule has 1 aromatic heterocycles. The Balaban J connectivity index is 1.48. The fraction of sp³-hybridized carbons (Fsp3) is 0.357. The zero-order valence-electron chi connectivity index (χ0n) is 20.0. The first-order valence-corrected chi connectivity index (χ1v) is 12.0. The fourth-order valence-electron chi connectivity index (χ4n) is 4.76. The van der Waals surface area contributed by atoms with E-state index in [0.717, 1.165) is 42.1 Å². The molecule has 0 radical (unpaired) electrons. The molecule has 3 N–H and O–H groups in total. The first-order chi connectivity index (χ1) is 16.8. The SMILES string of the molecule is CC(=O)N[C@@H](Cc1cc(F)cc(F)c1)[C@H](O)CNC1CCCc2ccc(-c3ccc(C)nc3)cc21. The Kier molecular flexibility index (Phi) is 7.88. The third-order valence-electron chi connectivity index (χ3n) is 6.51. The molecule has 35 heavy (non-hydrogen) atoms. The number of benzene rings is 2. The molecule has 0 saturated heterocycles. The number of nitrogens with zero attached hydrogens (tertiary/aromatic N) is 1. The summed E-state index contributed by atoms with van der Waals surface area (Å²) in [6.45, 7) is 3.54. The molecule has 0 fully saturated rings. The normalized spacial score (nSPS) is 16.9. The zero-order chi connectivity index (χ0) is 24.9. The van der Waals surface area contributed by atoms with Gasteiger partial charge in [0.15, 0.2) is 0 Å². The van der Waals surface area contributed by atoms with Gasteiger partial charge in [-0.2, -0.15) is 0 Å². The van der Waals surface area contributed by atoms with Crippen molar-refractivity contribution in [3.8, 4) is 11.1 Å². The molecular weight excluding hydrogens is 448 g/mol. The Labute approximate surface area is 204 Å². The van der Waals surface area contributed by atoms with Gasteiger partial charge in [-0.1, -0.05) is 18.2 Å². The van der Waals surface area contributed by atoms with Gasteiger partial charge >= 0.3 is 0 Å². The number of carbonyl (C=O) groups is 1. The average molecular weight is 480 g/mol. The van der Waals surface area contributed by atoms with Crippen LogP contribution in [0.5, 0.6) is 0 Å². The maximum absolute atomic E-state index is 13.6. The molecule has 2 aromatic carbocycles. The number of rotatable bonds is 8. The van der Waals surface area contributed by atoms with Crippen molar-refractivity contribution in [2.24, 2.45) is 0 Å². The van der Waals surface area contributed by atoms with Crippen LogP contribution in [-0.2, 0) is 17.6 Å². The quantitative estimate of drug-likeness (QED) is 0.448. The van der Waals surface area contributed by atoms with E-state index in [1.165, 1.54) is 30.2 Å². The van der Waals surface area contributed by atoms with Crippen molar-refractivity contribution in [2.75, 3.05) is 6.54 Å². The van der Waals surface area contributed by atoms with E-state index >= 15 is 0 Å². The number of aromatic nitrogens is 1.